The predicted octanol–water partition coefficient (Wildman–Crippen LogP) is 4.20. The third-order valence-electron chi connectivity index (χ3n) is 3.13. The van der Waals surface area contributed by atoms with E-state index in [1.807, 2.05) is 0 Å². The second kappa shape index (κ2) is 4.66. The Kier molecular flexibility index (Phi) is 3.06. The van der Waals surface area contributed by atoms with Gasteiger partial charge in [-0.25, -0.2) is 4.79 Å². The molecule has 0 aliphatic heterocycles. The maximum Gasteiger partial charge on any atom is 0.417 e. The van der Waals surface area contributed by atoms with Gasteiger partial charge in [-0.15, -0.1) is 0 Å². The first kappa shape index (κ1) is 13.8. The number of fused-ring (bicyclic) bond motifs is 1. The summed E-state index contributed by atoms with van der Waals surface area (Å²) < 4.78 is 38.6. The van der Waals surface area contributed by atoms with Crippen LogP contribution in [0.3, 0.4) is 0 Å². The fourth-order valence-electron chi connectivity index (χ4n) is 2.17. The number of aromatic nitrogens is 2. The monoisotopic (exact) mass is 312 g/mol. The van der Waals surface area contributed by atoms with Crippen LogP contribution in [-0.2, 0) is 6.18 Å². The molecule has 3 aromatic rings. The molecule has 0 aliphatic rings. The lowest BCUT2D eigenvalue weighted by Crippen LogP contribution is -2.06. The third kappa shape index (κ3) is 2.42. The lowest BCUT2D eigenvalue weighted by Gasteiger charge is -2.12. The minimum atomic E-state index is -4.51. The quantitative estimate of drug-likeness (QED) is 0.695. The summed E-state index contributed by atoms with van der Waals surface area (Å²) in [6.07, 6.45) is -4.51. The number of H-pyrrole nitrogens is 2. The molecule has 7 heteroatoms. The van der Waals surface area contributed by atoms with Crippen molar-refractivity contribution in [3.63, 3.8) is 0 Å². The van der Waals surface area contributed by atoms with E-state index in [9.17, 15) is 18.0 Å². The Morgan fingerprint density at radius 3 is 2.43 bits per heavy atom. The first-order chi connectivity index (χ1) is 9.86. The number of rotatable bonds is 1. The molecule has 3 nitrogen and oxygen atoms in total. The molecule has 0 saturated carbocycles. The summed E-state index contributed by atoms with van der Waals surface area (Å²) in [5.41, 5.74) is 0.573. The van der Waals surface area contributed by atoms with Crippen LogP contribution in [0.4, 0.5) is 13.2 Å². The van der Waals surface area contributed by atoms with Gasteiger partial charge < -0.3 is 9.97 Å². The summed E-state index contributed by atoms with van der Waals surface area (Å²) in [4.78, 5) is 16.3. The van der Waals surface area contributed by atoms with Gasteiger partial charge in [0.05, 0.1) is 21.6 Å². The van der Waals surface area contributed by atoms with Gasteiger partial charge in [0.25, 0.3) is 0 Å². The summed E-state index contributed by atoms with van der Waals surface area (Å²) in [5.74, 6) is 0. The average molecular weight is 313 g/mol. The SMILES string of the molecule is O=c1[nH]c2ccc(-c3cccc(C(F)(F)F)c3Cl)cc2[nH]1. The van der Waals surface area contributed by atoms with Crippen molar-refractivity contribution < 1.29 is 13.2 Å². The third-order valence-corrected chi connectivity index (χ3v) is 3.54. The molecule has 21 heavy (non-hydrogen) atoms. The van der Waals surface area contributed by atoms with Crippen LogP contribution in [0.1, 0.15) is 5.56 Å². The maximum absolute atomic E-state index is 12.9. The van der Waals surface area contributed by atoms with Crippen molar-refractivity contribution in [2.24, 2.45) is 0 Å². The predicted molar refractivity (Wildman–Crippen MR) is 74.4 cm³/mol. The molecule has 1 heterocycles. The molecule has 0 atom stereocenters. The molecule has 1 aromatic heterocycles. The van der Waals surface area contributed by atoms with E-state index in [-0.39, 0.29) is 16.3 Å². The van der Waals surface area contributed by atoms with E-state index < -0.39 is 11.7 Å². The van der Waals surface area contributed by atoms with E-state index in [0.29, 0.717) is 16.6 Å². The number of hydrogen-bond acceptors (Lipinski definition) is 1. The van der Waals surface area contributed by atoms with E-state index in [1.165, 1.54) is 12.1 Å². The first-order valence-electron chi connectivity index (χ1n) is 5.94. The Hall–Kier alpha value is -2.21. The molecule has 0 bridgehead atoms. The second-order valence-electron chi connectivity index (χ2n) is 4.50. The molecule has 0 unspecified atom stereocenters. The zero-order valence-electron chi connectivity index (χ0n) is 10.4. The summed E-state index contributed by atoms with van der Waals surface area (Å²) in [7, 11) is 0. The number of aromatic amines is 2. The minimum Gasteiger partial charge on any atom is -0.306 e. The Balaban J connectivity index is 2.20. The van der Waals surface area contributed by atoms with Crippen LogP contribution in [0.5, 0.6) is 0 Å². The first-order valence-corrected chi connectivity index (χ1v) is 6.32. The molecule has 2 N–H and O–H groups in total. The fraction of sp³-hybridized carbons (Fsp3) is 0.0714. The van der Waals surface area contributed by atoms with Crippen molar-refractivity contribution in [2.45, 2.75) is 6.18 Å². The standard InChI is InChI=1S/C14H8ClF3N2O/c15-12-8(2-1-3-9(12)14(16,17)18)7-4-5-10-11(6-7)20-13(21)19-10/h1-6H,(H2,19,20,21). The average Bonchev–Trinajstić information content (AvgIpc) is 2.76. The van der Waals surface area contributed by atoms with E-state index in [4.69, 9.17) is 11.6 Å². The largest absolute Gasteiger partial charge is 0.417 e. The van der Waals surface area contributed by atoms with Crippen LogP contribution in [0.15, 0.2) is 41.2 Å². The van der Waals surface area contributed by atoms with Crippen LogP contribution in [0.2, 0.25) is 5.02 Å². The van der Waals surface area contributed by atoms with E-state index >= 15 is 0 Å². The van der Waals surface area contributed by atoms with Gasteiger partial charge in [-0.05, 0) is 23.8 Å². The van der Waals surface area contributed by atoms with Gasteiger partial charge in [0, 0.05) is 5.56 Å². The van der Waals surface area contributed by atoms with Crippen LogP contribution in [0, 0.1) is 0 Å². The zero-order valence-corrected chi connectivity index (χ0v) is 11.1. The van der Waals surface area contributed by atoms with Gasteiger partial charge in [0.15, 0.2) is 0 Å². The molecule has 0 aliphatic carbocycles. The highest BCUT2D eigenvalue weighted by Crippen LogP contribution is 2.39. The molecule has 0 saturated heterocycles. The van der Waals surface area contributed by atoms with Gasteiger partial charge in [-0.2, -0.15) is 13.2 Å². The minimum absolute atomic E-state index is 0.260. The number of imidazole rings is 1. The van der Waals surface area contributed by atoms with E-state index in [0.717, 1.165) is 6.07 Å². The van der Waals surface area contributed by atoms with Crippen LogP contribution in [-0.4, -0.2) is 9.97 Å². The number of benzene rings is 2. The maximum atomic E-state index is 12.9. The van der Waals surface area contributed by atoms with Crippen molar-refractivity contribution in [3.05, 3.63) is 57.5 Å². The Morgan fingerprint density at radius 1 is 1.00 bits per heavy atom. The highest BCUT2D eigenvalue weighted by atomic mass is 35.5. The Morgan fingerprint density at radius 2 is 1.71 bits per heavy atom. The van der Waals surface area contributed by atoms with Crippen LogP contribution < -0.4 is 5.69 Å². The smallest absolute Gasteiger partial charge is 0.306 e. The summed E-state index contributed by atoms with van der Waals surface area (Å²) in [6.45, 7) is 0. The van der Waals surface area contributed by atoms with Crippen molar-refractivity contribution in [1.82, 2.24) is 9.97 Å². The molecular formula is C14H8ClF3N2O. The topological polar surface area (TPSA) is 48.6 Å². The van der Waals surface area contributed by atoms with Gasteiger partial charge >= 0.3 is 11.9 Å². The zero-order chi connectivity index (χ0) is 15.2. The number of nitrogens with one attached hydrogen (secondary N) is 2. The highest BCUT2D eigenvalue weighted by molar-refractivity contribution is 6.34. The van der Waals surface area contributed by atoms with Gasteiger partial charge in [0.1, 0.15) is 0 Å². The molecular weight excluding hydrogens is 305 g/mol. The van der Waals surface area contributed by atoms with Gasteiger partial charge in [-0.1, -0.05) is 29.8 Å². The van der Waals surface area contributed by atoms with E-state index in [1.54, 1.807) is 18.2 Å². The Bertz CT molecular complexity index is 880. The van der Waals surface area contributed by atoms with Crippen molar-refractivity contribution in [2.75, 3.05) is 0 Å². The van der Waals surface area contributed by atoms with Crippen molar-refractivity contribution in [3.8, 4) is 11.1 Å². The second-order valence-corrected chi connectivity index (χ2v) is 4.88. The normalized spacial score (nSPS) is 12.0. The number of alkyl halides is 3. The fourth-order valence-corrected chi connectivity index (χ4v) is 2.52. The molecule has 0 fully saturated rings. The lowest BCUT2D eigenvalue weighted by molar-refractivity contribution is -0.137. The number of halogens is 4. The Labute approximate surface area is 121 Å². The molecule has 2 aromatic carbocycles. The molecule has 0 radical (unpaired) electrons. The number of hydrogen-bond donors (Lipinski definition) is 2. The highest BCUT2D eigenvalue weighted by Gasteiger charge is 2.33. The van der Waals surface area contributed by atoms with Crippen molar-refractivity contribution in [1.29, 1.82) is 0 Å². The van der Waals surface area contributed by atoms with Crippen LogP contribution >= 0.6 is 11.6 Å². The van der Waals surface area contributed by atoms with Crippen LogP contribution in [0.25, 0.3) is 22.2 Å². The van der Waals surface area contributed by atoms with Crippen molar-refractivity contribution >= 4 is 22.6 Å². The molecule has 3 rings (SSSR count). The lowest BCUT2D eigenvalue weighted by atomic mass is 10.0. The summed E-state index contributed by atoms with van der Waals surface area (Å²) >= 11 is 5.88. The van der Waals surface area contributed by atoms with Gasteiger partial charge in [0.2, 0.25) is 0 Å². The molecule has 0 amide bonds. The summed E-state index contributed by atoms with van der Waals surface area (Å²) in [6, 6.07) is 8.53. The molecule has 108 valence electrons. The van der Waals surface area contributed by atoms with Gasteiger partial charge in [-0.3, -0.25) is 0 Å². The van der Waals surface area contributed by atoms with E-state index in [2.05, 4.69) is 9.97 Å². The summed E-state index contributed by atoms with van der Waals surface area (Å²) in [5, 5.41) is -0.359. The molecule has 0 spiro atoms.